The van der Waals surface area contributed by atoms with E-state index >= 15 is 0 Å². The molecule has 0 aliphatic rings. The quantitative estimate of drug-likeness (QED) is 0.172. The summed E-state index contributed by atoms with van der Waals surface area (Å²) in [6.07, 6.45) is 0. The molecule has 0 aliphatic carbocycles. The maximum absolute atomic E-state index is 2.46. The van der Waals surface area contributed by atoms with Crippen molar-refractivity contribution in [2.45, 2.75) is 0 Å². The van der Waals surface area contributed by atoms with Crippen LogP contribution >= 0.6 is 11.3 Å². The van der Waals surface area contributed by atoms with E-state index in [9.17, 15) is 0 Å². The highest BCUT2D eigenvalue weighted by Gasteiger charge is 2.20. The van der Waals surface area contributed by atoms with Crippen LogP contribution in [-0.4, -0.2) is 9.13 Å². The molecular formula is C52H32N2S. The zero-order valence-electron chi connectivity index (χ0n) is 29.8. The molecule has 0 spiro atoms. The highest BCUT2D eigenvalue weighted by molar-refractivity contribution is 7.26. The van der Waals surface area contributed by atoms with Gasteiger partial charge in [-0.3, -0.25) is 0 Å². The maximum Gasteiger partial charge on any atom is 0.0555 e. The van der Waals surface area contributed by atoms with Gasteiger partial charge in [-0.05, 0) is 88.3 Å². The minimum absolute atomic E-state index is 1.16. The second-order valence-corrected chi connectivity index (χ2v) is 15.6. The molecule has 9 aromatic carbocycles. The van der Waals surface area contributed by atoms with Crippen LogP contribution in [0.15, 0.2) is 194 Å². The fourth-order valence-electron chi connectivity index (χ4n) is 9.01. The van der Waals surface area contributed by atoms with Gasteiger partial charge < -0.3 is 9.13 Å². The van der Waals surface area contributed by atoms with E-state index in [1.54, 1.807) is 0 Å². The lowest BCUT2D eigenvalue weighted by molar-refractivity contribution is 1.18. The van der Waals surface area contributed by atoms with Crippen LogP contribution < -0.4 is 0 Å². The summed E-state index contributed by atoms with van der Waals surface area (Å²) in [5, 5.41) is 10.2. The molecule has 12 aromatic rings. The molecule has 0 N–H and O–H groups in total. The Balaban J connectivity index is 1.11. The van der Waals surface area contributed by atoms with Gasteiger partial charge in [-0.25, -0.2) is 0 Å². The molecule has 2 nitrogen and oxygen atoms in total. The minimum Gasteiger partial charge on any atom is -0.309 e. The Labute approximate surface area is 321 Å². The first-order valence-electron chi connectivity index (χ1n) is 18.8. The van der Waals surface area contributed by atoms with Crippen LogP contribution in [0, 0.1) is 0 Å². The zero-order valence-corrected chi connectivity index (χ0v) is 30.6. The lowest BCUT2D eigenvalue weighted by Crippen LogP contribution is -1.95. The van der Waals surface area contributed by atoms with E-state index in [0.29, 0.717) is 0 Å². The van der Waals surface area contributed by atoms with Crippen molar-refractivity contribution in [3.63, 3.8) is 0 Å². The Morgan fingerprint density at radius 1 is 0.327 bits per heavy atom. The molecule has 0 saturated heterocycles. The first kappa shape index (κ1) is 30.5. The van der Waals surface area contributed by atoms with Crippen molar-refractivity contribution in [1.29, 1.82) is 0 Å². The van der Waals surface area contributed by atoms with Crippen molar-refractivity contribution < 1.29 is 0 Å². The number of fused-ring (bicyclic) bond motifs is 11. The van der Waals surface area contributed by atoms with E-state index < -0.39 is 0 Å². The number of hydrogen-bond acceptors (Lipinski definition) is 1. The first-order chi connectivity index (χ1) is 27.3. The SMILES string of the molecule is c1ccc(-c2cccc(-n3c4ccc(-c5ccc6c(c5)c5ccccc5n6-c5cccc6ccccc56)cc4c4c5sc6ccccc6c5ccc43)c2)cc1. The topological polar surface area (TPSA) is 9.86 Å². The molecule has 3 heterocycles. The predicted octanol–water partition coefficient (Wildman–Crippen LogP) is 14.7. The Kier molecular flexibility index (Phi) is 6.54. The number of benzene rings is 9. The van der Waals surface area contributed by atoms with Gasteiger partial charge in [0.2, 0.25) is 0 Å². The van der Waals surface area contributed by atoms with Crippen LogP contribution in [0.4, 0.5) is 0 Å². The average molecular weight is 717 g/mol. The molecule has 0 unspecified atom stereocenters. The summed E-state index contributed by atoms with van der Waals surface area (Å²) in [5.41, 5.74) is 12.1. The second-order valence-electron chi connectivity index (χ2n) is 14.5. The highest BCUT2D eigenvalue weighted by atomic mass is 32.1. The molecule has 256 valence electrons. The van der Waals surface area contributed by atoms with Crippen LogP contribution in [0.3, 0.4) is 0 Å². The summed E-state index contributed by atoms with van der Waals surface area (Å²) < 4.78 is 7.56. The van der Waals surface area contributed by atoms with E-state index in [2.05, 4.69) is 203 Å². The summed E-state index contributed by atoms with van der Waals surface area (Å²) >= 11 is 1.90. The lowest BCUT2D eigenvalue weighted by atomic mass is 10.00. The molecule has 0 aliphatic heterocycles. The molecule has 0 atom stereocenters. The van der Waals surface area contributed by atoms with Crippen molar-refractivity contribution >= 4 is 85.9 Å². The standard InChI is InChI=1S/C52H32N2S/c1-2-12-33(13-3-1)35-16-10-17-38(30-35)53-48-28-25-37(32-44(48)51-49(53)29-26-42-41-20-7-9-23-50(41)55-52(42)51)36-24-27-47-43(31-36)40-19-6-8-21-46(40)54(47)45-22-11-15-34-14-4-5-18-39(34)45/h1-32H. The summed E-state index contributed by atoms with van der Waals surface area (Å²) in [7, 11) is 0. The molecule has 3 heteroatoms. The zero-order chi connectivity index (χ0) is 36.0. The molecule has 0 saturated carbocycles. The molecule has 0 radical (unpaired) electrons. The average Bonchev–Trinajstić information content (AvgIpc) is 3.91. The van der Waals surface area contributed by atoms with Crippen LogP contribution in [0.5, 0.6) is 0 Å². The Morgan fingerprint density at radius 2 is 0.945 bits per heavy atom. The number of rotatable bonds is 4. The van der Waals surface area contributed by atoms with Crippen LogP contribution in [-0.2, 0) is 0 Å². The van der Waals surface area contributed by atoms with Crippen molar-refractivity contribution in [3.05, 3.63) is 194 Å². The van der Waals surface area contributed by atoms with Gasteiger partial charge in [-0.1, -0.05) is 133 Å². The molecule has 0 bridgehead atoms. The van der Waals surface area contributed by atoms with Gasteiger partial charge in [0.05, 0.1) is 27.8 Å². The van der Waals surface area contributed by atoms with Gasteiger partial charge in [0.15, 0.2) is 0 Å². The van der Waals surface area contributed by atoms with Crippen molar-refractivity contribution in [2.24, 2.45) is 0 Å². The van der Waals surface area contributed by atoms with E-state index in [0.717, 1.165) is 5.69 Å². The minimum atomic E-state index is 1.16. The van der Waals surface area contributed by atoms with Crippen molar-refractivity contribution in [3.8, 4) is 33.6 Å². The van der Waals surface area contributed by atoms with Gasteiger partial charge in [-0.2, -0.15) is 0 Å². The monoisotopic (exact) mass is 716 g/mol. The van der Waals surface area contributed by atoms with E-state index in [1.807, 2.05) is 11.3 Å². The molecule has 3 aromatic heterocycles. The molecular weight excluding hydrogens is 685 g/mol. The predicted molar refractivity (Wildman–Crippen MR) is 236 cm³/mol. The van der Waals surface area contributed by atoms with Gasteiger partial charge >= 0.3 is 0 Å². The van der Waals surface area contributed by atoms with Crippen molar-refractivity contribution in [2.75, 3.05) is 0 Å². The molecule has 12 rings (SSSR count). The maximum atomic E-state index is 2.46. The second kappa shape index (κ2) is 11.8. The van der Waals surface area contributed by atoms with Gasteiger partial charge in [0, 0.05) is 52.8 Å². The van der Waals surface area contributed by atoms with Gasteiger partial charge in [-0.15, -0.1) is 11.3 Å². The van der Waals surface area contributed by atoms with E-state index in [-0.39, 0.29) is 0 Å². The normalized spacial score (nSPS) is 12.0. The Hall–Kier alpha value is -6.94. The molecule has 55 heavy (non-hydrogen) atoms. The van der Waals surface area contributed by atoms with Crippen LogP contribution in [0.1, 0.15) is 0 Å². The summed E-state index contributed by atoms with van der Waals surface area (Å²) in [6.45, 7) is 0. The Bertz CT molecular complexity index is 3480. The fourth-order valence-corrected chi connectivity index (χ4v) is 10.3. The van der Waals surface area contributed by atoms with Crippen molar-refractivity contribution in [1.82, 2.24) is 9.13 Å². The smallest absolute Gasteiger partial charge is 0.0555 e. The number of nitrogens with zero attached hydrogens (tertiary/aromatic N) is 2. The largest absolute Gasteiger partial charge is 0.309 e. The molecule has 0 amide bonds. The highest BCUT2D eigenvalue weighted by Crippen LogP contribution is 2.45. The van der Waals surface area contributed by atoms with Crippen LogP contribution in [0.2, 0.25) is 0 Å². The first-order valence-corrected chi connectivity index (χ1v) is 19.7. The summed E-state index contributed by atoms with van der Waals surface area (Å²) in [4.78, 5) is 0. The fraction of sp³-hybridized carbons (Fsp3) is 0. The summed E-state index contributed by atoms with van der Waals surface area (Å²) in [5.74, 6) is 0. The number of thiophene rings is 1. The number of aromatic nitrogens is 2. The lowest BCUT2D eigenvalue weighted by Gasteiger charge is -2.12. The van der Waals surface area contributed by atoms with Gasteiger partial charge in [0.25, 0.3) is 0 Å². The van der Waals surface area contributed by atoms with Crippen LogP contribution in [0.25, 0.3) is 108 Å². The third-order valence-electron chi connectivity index (χ3n) is 11.5. The third kappa shape index (κ3) is 4.54. The summed E-state index contributed by atoms with van der Waals surface area (Å²) in [6, 6.07) is 71.4. The number of para-hydroxylation sites is 1. The van der Waals surface area contributed by atoms with E-state index in [4.69, 9.17) is 0 Å². The number of hydrogen-bond donors (Lipinski definition) is 0. The van der Waals surface area contributed by atoms with Gasteiger partial charge in [0.1, 0.15) is 0 Å². The Morgan fingerprint density at radius 3 is 1.82 bits per heavy atom. The van der Waals surface area contributed by atoms with E-state index in [1.165, 1.54) is 102 Å². The molecule has 0 fully saturated rings. The third-order valence-corrected chi connectivity index (χ3v) is 12.7.